The van der Waals surface area contributed by atoms with Crippen LogP contribution in [0.4, 0.5) is 18.9 Å². The first kappa shape index (κ1) is 11.4. The first-order valence-electron chi connectivity index (χ1n) is 4.02. The van der Waals surface area contributed by atoms with Crippen molar-refractivity contribution < 1.29 is 23.1 Å². The van der Waals surface area contributed by atoms with Gasteiger partial charge in [-0.15, -0.1) is 0 Å². The maximum atomic E-state index is 12.2. The van der Waals surface area contributed by atoms with Gasteiger partial charge in [-0.1, -0.05) is 6.07 Å². The second-order valence-corrected chi connectivity index (χ2v) is 2.83. The minimum atomic E-state index is -4.42. The number of halogens is 3. The van der Waals surface area contributed by atoms with Crippen molar-refractivity contribution in [3.05, 3.63) is 29.8 Å². The number of aliphatic carboxylic acids is 1. The largest absolute Gasteiger partial charge is 0.480 e. The molecule has 1 rings (SSSR count). The number of hydrogen-bond donors (Lipinski definition) is 2. The highest BCUT2D eigenvalue weighted by atomic mass is 19.4. The van der Waals surface area contributed by atoms with E-state index < -0.39 is 24.3 Å². The zero-order valence-corrected chi connectivity index (χ0v) is 7.51. The molecule has 0 aromatic heterocycles. The molecule has 0 saturated carbocycles. The molecule has 0 heterocycles. The summed E-state index contributed by atoms with van der Waals surface area (Å²) in [6.07, 6.45) is -4.42. The van der Waals surface area contributed by atoms with Crippen LogP contribution < -0.4 is 5.32 Å². The predicted octanol–water partition coefficient (Wildman–Crippen LogP) is 2.20. The Kier molecular flexibility index (Phi) is 3.18. The summed E-state index contributed by atoms with van der Waals surface area (Å²) < 4.78 is 36.7. The Hall–Kier alpha value is -1.72. The van der Waals surface area contributed by atoms with Crippen molar-refractivity contribution in [3.8, 4) is 0 Å². The van der Waals surface area contributed by atoms with Crippen LogP contribution in [0.3, 0.4) is 0 Å². The van der Waals surface area contributed by atoms with E-state index in [1.165, 1.54) is 12.1 Å². The highest BCUT2D eigenvalue weighted by Gasteiger charge is 2.30. The normalized spacial score (nSPS) is 11.1. The zero-order chi connectivity index (χ0) is 11.5. The van der Waals surface area contributed by atoms with Gasteiger partial charge in [0.1, 0.15) is 6.54 Å². The number of anilines is 1. The van der Waals surface area contributed by atoms with Crippen LogP contribution in [0.1, 0.15) is 5.56 Å². The molecule has 1 aromatic rings. The Morgan fingerprint density at radius 1 is 1.40 bits per heavy atom. The van der Waals surface area contributed by atoms with E-state index in [2.05, 4.69) is 5.32 Å². The van der Waals surface area contributed by atoms with Crippen molar-refractivity contribution >= 4 is 11.7 Å². The van der Waals surface area contributed by atoms with Gasteiger partial charge in [-0.05, 0) is 18.2 Å². The summed E-state index contributed by atoms with van der Waals surface area (Å²) in [5.41, 5.74) is -0.676. The fourth-order valence-corrected chi connectivity index (χ4v) is 0.983. The molecule has 0 unspecified atom stereocenters. The molecular formula is C9H8F3NO2. The van der Waals surface area contributed by atoms with Crippen LogP contribution in [0.25, 0.3) is 0 Å². The summed E-state index contributed by atoms with van der Waals surface area (Å²) in [4.78, 5) is 10.2. The number of nitrogens with one attached hydrogen (secondary N) is 1. The summed E-state index contributed by atoms with van der Waals surface area (Å²) in [5.74, 6) is -1.13. The lowest BCUT2D eigenvalue weighted by Gasteiger charge is -2.09. The molecule has 82 valence electrons. The minimum Gasteiger partial charge on any atom is -0.480 e. The molecule has 0 aliphatic heterocycles. The molecule has 1 aromatic carbocycles. The summed E-state index contributed by atoms with van der Waals surface area (Å²) in [6, 6.07) is 4.38. The van der Waals surface area contributed by atoms with Crippen LogP contribution in [0.15, 0.2) is 24.3 Å². The fourth-order valence-electron chi connectivity index (χ4n) is 0.983. The molecule has 0 saturated heterocycles. The smallest absolute Gasteiger partial charge is 0.416 e. The Morgan fingerprint density at radius 2 is 2.07 bits per heavy atom. The van der Waals surface area contributed by atoms with Crippen molar-refractivity contribution in [1.29, 1.82) is 0 Å². The molecule has 0 aliphatic carbocycles. The third-order valence-electron chi connectivity index (χ3n) is 1.63. The monoisotopic (exact) mass is 219 g/mol. The van der Waals surface area contributed by atoms with Crippen molar-refractivity contribution in [1.82, 2.24) is 0 Å². The van der Waals surface area contributed by atoms with Crippen LogP contribution in [-0.4, -0.2) is 17.6 Å². The molecular weight excluding hydrogens is 211 g/mol. The molecule has 0 atom stereocenters. The van der Waals surface area contributed by atoms with E-state index in [1.807, 2.05) is 0 Å². The van der Waals surface area contributed by atoms with Crippen molar-refractivity contribution in [2.24, 2.45) is 0 Å². The van der Waals surface area contributed by atoms with Gasteiger partial charge in [0, 0.05) is 5.69 Å². The van der Waals surface area contributed by atoms with Gasteiger partial charge in [-0.2, -0.15) is 13.2 Å². The number of rotatable bonds is 3. The third kappa shape index (κ3) is 3.49. The number of hydrogen-bond acceptors (Lipinski definition) is 2. The van der Waals surface area contributed by atoms with Gasteiger partial charge in [-0.25, -0.2) is 0 Å². The van der Waals surface area contributed by atoms with E-state index in [4.69, 9.17) is 5.11 Å². The van der Waals surface area contributed by atoms with E-state index in [-0.39, 0.29) is 5.69 Å². The first-order valence-corrected chi connectivity index (χ1v) is 4.02. The SMILES string of the molecule is O=C(O)CNc1cccc(C(F)(F)F)c1. The predicted molar refractivity (Wildman–Crippen MR) is 47.6 cm³/mol. The molecule has 0 aliphatic rings. The van der Waals surface area contributed by atoms with E-state index in [1.54, 1.807) is 0 Å². The van der Waals surface area contributed by atoms with E-state index in [9.17, 15) is 18.0 Å². The number of carbonyl (C=O) groups is 1. The molecule has 3 nitrogen and oxygen atoms in total. The number of carboxylic acids is 1. The van der Waals surface area contributed by atoms with Gasteiger partial charge >= 0.3 is 12.1 Å². The standard InChI is InChI=1S/C9H8F3NO2/c10-9(11,12)6-2-1-3-7(4-6)13-5-8(14)15/h1-4,13H,5H2,(H,14,15). The Bertz CT molecular complexity index is 363. The third-order valence-corrected chi connectivity index (χ3v) is 1.63. The maximum absolute atomic E-state index is 12.2. The van der Waals surface area contributed by atoms with E-state index in [0.717, 1.165) is 12.1 Å². The lowest BCUT2D eigenvalue weighted by atomic mass is 10.2. The van der Waals surface area contributed by atoms with E-state index in [0.29, 0.717) is 0 Å². The lowest BCUT2D eigenvalue weighted by molar-refractivity contribution is -0.137. The zero-order valence-electron chi connectivity index (χ0n) is 7.51. The maximum Gasteiger partial charge on any atom is 0.416 e. The van der Waals surface area contributed by atoms with E-state index >= 15 is 0 Å². The summed E-state index contributed by atoms with van der Waals surface area (Å²) in [6.45, 7) is -0.415. The van der Waals surface area contributed by atoms with Gasteiger partial charge in [0.2, 0.25) is 0 Å². The molecule has 0 spiro atoms. The molecule has 2 N–H and O–H groups in total. The van der Waals surface area contributed by atoms with Crippen LogP contribution >= 0.6 is 0 Å². The summed E-state index contributed by atoms with van der Waals surface area (Å²) in [5, 5.41) is 10.7. The molecule has 6 heteroatoms. The lowest BCUT2D eigenvalue weighted by Crippen LogP contribution is -2.13. The average Bonchev–Trinajstić information content (AvgIpc) is 2.14. The van der Waals surface area contributed by atoms with Crippen LogP contribution in [0, 0.1) is 0 Å². The molecule has 0 fully saturated rings. The Balaban J connectivity index is 2.79. The topological polar surface area (TPSA) is 49.3 Å². The first-order chi connectivity index (χ1) is 6.89. The van der Waals surface area contributed by atoms with Crippen LogP contribution in [0.2, 0.25) is 0 Å². The van der Waals surface area contributed by atoms with Crippen molar-refractivity contribution in [2.45, 2.75) is 6.18 Å². The number of benzene rings is 1. The molecule has 0 amide bonds. The second-order valence-electron chi connectivity index (χ2n) is 2.83. The second kappa shape index (κ2) is 4.20. The van der Waals surface area contributed by atoms with Crippen LogP contribution in [-0.2, 0) is 11.0 Å². The van der Waals surface area contributed by atoms with Crippen molar-refractivity contribution in [2.75, 3.05) is 11.9 Å². The molecule has 0 bridgehead atoms. The highest BCUT2D eigenvalue weighted by molar-refractivity contribution is 5.72. The summed E-state index contributed by atoms with van der Waals surface area (Å²) in [7, 11) is 0. The fraction of sp³-hybridized carbons (Fsp3) is 0.222. The molecule has 0 radical (unpaired) electrons. The average molecular weight is 219 g/mol. The molecule has 15 heavy (non-hydrogen) atoms. The van der Waals surface area contributed by atoms with Gasteiger partial charge in [0.05, 0.1) is 5.56 Å². The van der Waals surface area contributed by atoms with Gasteiger partial charge in [0.15, 0.2) is 0 Å². The van der Waals surface area contributed by atoms with Gasteiger partial charge in [0.25, 0.3) is 0 Å². The minimum absolute atomic E-state index is 0.132. The summed E-state index contributed by atoms with van der Waals surface area (Å²) >= 11 is 0. The Morgan fingerprint density at radius 3 is 2.60 bits per heavy atom. The van der Waals surface area contributed by atoms with Crippen LogP contribution in [0.5, 0.6) is 0 Å². The highest BCUT2D eigenvalue weighted by Crippen LogP contribution is 2.30. The number of carboxylic acid groups (broad SMARTS) is 1. The quantitative estimate of drug-likeness (QED) is 0.819. The number of alkyl halides is 3. The Labute approximate surface area is 83.5 Å². The van der Waals surface area contributed by atoms with Gasteiger partial charge in [-0.3, -0.25) is 4.79 Å². The van der Waals surface area contributed by atoms with Gasteiger partial charge < -0.3 is 10.4 Å². The van der Waals surface area contributed by atoms with Crippen molar-refractivity contribution in [3.63, 3.8) is 0 Å².